The summed E-state index contributed by atoms with van der Waals surface area (Å²) in [7, 11) is 0. The minimum absolute atomic E-state index is 0.535. The molecule has 4 heteroatoms. The van der Waals surface area contributed by atoms with Gasteiger partial charge >= 0.3 is 0 Å². The molecule has 1 fully saturated rings. The molecule has 1 aromatic heterocycles. The fourth-order valence-corrected chi connectivity index (χ4v) is 3.52. The van der Waals surface area contributed by atoms with Crippen LogP contribution in [-0.2, 0) is 6.54 Å². The minimum Gasteiger partial charge on any atom is -0.389 e. The van der Waals surface area contributed by atoms with Gasteiger partial charge in [0.05, 0.1) is 11.2 Å². The average Bonchev–Trinajstić information content (AvgIpc) is 2.76. The summed E-state index contributed by atoms with van der Waals surface area (Å²) in [6.07, 6.45) is 4.15. The topological polar surface area (TPSA) is 56.0 Å². The van der Waals surface area contributed by atoms with Gasteiger partial charge in [0.1, 0.15) is 6.07 Å². The van der Waals surface area contributed by atoms with Crippen LogP contribution in [-0.4, -0.2) is 17.3 Å². The second-order valence-electron chi connectivity index (χ2n) is 5.44. The van der Waals surface area contributed by atoms with Gasteiger partial charge in [0, 0.05) is 23.3 Å². The van der Waals surface area contributed by atoms with E-state index < -0.39 is 5.60 Å². The number of nitriles is 1. The predicted octanol–water partition coefficient (Wildman–Crippen LogP) is 2.65. The molecule has 1 heterocycles. The van der Waals surface area contributed by atoms with E-state index in [2.05, 4.69) is 18.3 Å². The number of hydrogen-bond donors (Lipinski definition) is 2. The highest BCUT2D eigenvalue weighted by atomic mass is 32.1. The summed E-state index contributed by atoms with van der Waals surface area (Å²) in [5.41, 5.74) is 0.189. The summed E-state index contributed by atoms with van der Waals surface area (Å²) in [4.78, 5) is 1.15. The third kappa shape index (κ3) is 3.55. The monoisotopic (exact) mass is 264 g/mol. The van der Waals surface area contributed by atoms with Crippen molar-refractivity contribution in [3.05, 3.63) is 21.9 Å². The zero-order valence-electron chi connectivity index (χ0n) is 10.8. The van der Waals surface area contributed by atoms with Gasteiger partial charge in [-0.3, -0.25) is 0 Å². The smallest absolute Gasteiger partial charge is 0.100 e. The van der Waals surface area contributed by atoms with Crippen LogP contribution in [0.2, 0.25) is 0 Å². The zero-order valence-corrected chi connectivity index (χ0v) is 11.6. The second-order valence-corrected chi connectivity index (χ2v) is 6.44. The van der Waals surface area contributed by atoms with Crippen LogP contribution in [0.3, 0.4) is 0 Å². The lowest BCUT2D eigenvalue weighted by Gasteiger charge is -2.35. The maximum Gasteiger partial charge on any atom is 0.100 e. The molecule has 2 N–H and O–H groups in total. The number of rotatable bonds is 4. The summed E-state index contributed by atoms with van der Waals surface area (Å²) in [6, 6.07) is 4.04. The lowest BCUT2D eigenvalue weighted by molar-refractivity contribution is -0.0118. The Morgan fingerprint density at radius 2 is 2.50 bits per heavy atom. The second kappa shape index (κ2) is 5.83. The van der Waals surface area contributed by atoms with Crippen LogP contribution in [0.5, 0.6) is 0 Å². The minimum atomic E-state index is -0.535. The normalized spacial score (nSPS) is 27.9. The molecule has 2 unspecified atom stereocenters. The van der Waals surface area contributed by atoms with E-state index in [9.17, 15) is 5.11 Å². The average molecular weight is 264 g/mol. The lowest BCUT2D eigenvalue weighted by atomic mass is 9.79. The van der Waals surface area contributed by atoms with Gasteiger partial charge in [-0.25, -0.2) is 0 Å². The molecule has 0 bridgehead atoms. The molecule has 0 spiro atoms. The van der Waals surface area contributed by atoms with Crippen LogP contribution in [0.4, 0.5) is 0 Å². The number of hydrogen-bond acceptors (Lipinski definition) is 4. The molecule has 3 nitrogen and oxygen atoms in total. The maximum absolute atomic E-state index is 10.5. The SMILES string of the molecule is CC1CCCC(O)(CNCc2cc(C#N)cs2)C1. The fraction of sp³-hybridized carbons (Fsp3) is 0.643. The van der Waals surface area contributed by atoms with Crippen molar-refractivity contribution in [1.29, 1.82) is 5.26 Å². The molecule has 2 rings (SSSR count). The van der Waals surface area contributed by atoms with Gasteiger partial charge in [-0.15, -0.1) is 11.3 Å². The molecule has 1 aromatic rings. The van der Waals surface area contributed by atoms with Gasteiger partial charge in [0.25, 0.3) is 0 Å². The van der Waals surface area contributed by atoms with Gasteiger partial charge < -0.3 is 10.4 Å². The van der Waals surface area contributed by atoms with Gasteiger partial charge in [0.2, 0.25) is 0 Å². The molecule has 0 radical (unpaired) electrons. The quantitative estimate of drug-likeness (QED) is 0.879. The fourth-order valence-electron chi connectivity index (χ4n) is 2.74. The standard InChI is InChI=1S/C14H20N2OS/c1-11-3-2-4-14(17,6-11)10-16-8-13-5-12(7-15)9-18-13/h5,9,11,16-17H,2-4,6,8,10H2,1H3. The van der Waals surface area contributed by atoms with E-state index in [1.165, 1.54) is 6.42 Å². The molecule has 1 saturated carbocycles. The number of nitrogens with one attached hydrogen (secondary N) is 1. The van der Waals surface area contributed by atoms with Crippen LogP contribution < -0.4 is 5.32 Å². The highest BCUT2D eigenvalue weighted by Gasteiger charge is 2.31. The first kappa shape index (κ1) is 13.5. The Morgan fingerprint density at radius 1 is 1.67 bits per heavy atom. The molecule has 1 aliphatic carbocycles. The largest absolute Gasteiger partial charge is 0.389 e. The Labute approximate surface area is 112 Å². The number of thiophene rings is 1. The van der Waals surface area contributed by atoms with Crippen molar-refractivity contribution < 1.29 is 5.11 Å². The predicted molar refractivity (Wildman–Crippen MR) is 73.3 cm³/mol. The van der Waals surface area contributed by atoms with E-state index in [0.29, 0.717) is 12.5 Å². The van der Waals surface area contributed by atoms with E-state index in [1.807, 2.05) is 11.4 Å². The molecular formula is C14H20N2OS. The van der Waals surface area contributed by atoms with Crippen molar-refractivity contribution in [2.45, 2.75) is 44.8 Å². The molecule has 0 saturated heterocycles. The van der Waals surface area contributed by atoms with Crippen molar-refractivity contribution in [1.82, 2.24) is 5.32 Å². The summed E-state index contributed by atoms with van der Waals surface area (Å²) >= 11 is 1.59. The Hall–Kier alpha value is -0.890. The van der Waals surface area contributed by atoms with E-state index in [-0.39, 0.29) is 0 Å². The third-order valence-electron chi connectivity index (χ3n) is 3.60. The van der Waals surface area contributed by atoms with Crippen molar-refractivity contribution in [2.24, 2.45) is 5.92 Å². The van der Waals surface area contributed by atoms with Gasteiger partial charge in [-0.05, 0) is 24.8 Å². The summed E-state index contributed by atoms with van der Waals surface area (Å²) in [6.45, 7) is 3.60. The summed E-state index contributed by atoms with van der Waals surface area (Å²) in [5.74, 6) is 0.623. The van der Waals surface area contributed by atoms with E-state index in [1.54, 1.807) is 11.3 Å². The molecule has 0 amide bonds. The molecule has 98 valence electrons. The molecule has 0 aromatic carbocycles. The number of nitrogens with zero attached hydrogens (tertiary/aromatic N) is 1. The molecule has 2 atom stereocenters. The van der Waals surface area contributed by atoms with E-state index >= 15 is 0 Å². The van der Waals surface area contributed by atoms with Crippen LogP contribution in [0.25, 0.3) is 0 Å². The zero-order chi connectivity index (χ0) is 13.0. The van der Waals surface area contributed by atoms with Crippen molar-refractivity contribution in [2.75, 3.05) is 6.54 Å². The molecule has 18 heavy (non-hydrogen) atoms. The molecule has 0 aliphatic heterocycles. The number of aliphatic hydroxyl groups is 1. The Balaban J connectivity index is 1.79. The van der Waals surface area contributed by atoms with E-state index in [4.69, 9.17) is 5.26 Å². The Bertz CT molecular complexity index is 437. The lowest BCUT2D eigenvalue weighted by Crippen LogP contribution is -2.43. The third-order valence-corrected chi connectivity index (χ3v) is 4.54. The Kier molecular flexibility index (Phi) is 4.39. The van der Waals surface area contributed by atoms with Crippen molar-refractivity contribution >= 4 is 11.3 Å². The first-order chi connectivity index (χ1) is 8.61. The summed E-state index contributed by atoms with van der Waals surface area (Å²) in [5, 5.41) is 24.4. The Morgan fingerprint density at radius 3 is 3.17 bits per heavy atom. The van der Waals surface area contributed by atoms with Gasteiger partial charge in [-0.1, -0.05) is 19.8 Å². The molecule has 1 aliphatic rings. The van der Waals surface area contributed by atoms with Crippen LogP contribution in [0.1, 0.15) is 43.0 Å². The maximum atomic E-state index is 10.5. The van der Waals surface area contributed by atoms with Crippen LogP contribution in [0, 0.1) is 17.2 Å². The highest BCUT2D eigenvalue weighted by molar-refractivity contribution is 7.10. The van der Waals surface area contributed by atoms with Crippen molar-refractivity contribution in [3.63, 3.8) is 0 Å². The van der Waals surface area contributed by atoms with Gasteiger partial charge in [-0.2, -0.15) is 5.26 Å². The first-order valence-corrected chi connectivity index (χ1v) is 7.40. The van der Waals surface area contributed by atoms with Crippen molar-refractivity contribution in [3.8, 4) is 6.07 Å². The highest BCUT2D eigenvalue weighted by Crippen LogP contribution is 2.31. The first-order valence-electron chi connectivity index (χ1n) is 6.52. The molecular weight excluding hydrogens is 244 g/mol. The van der Waals surface area contributed by atoms with Crippen LogP contribution in [0.15, 0.2) is 11.4 Å². The van der Waals surface area contributed by atoms with Crippen LogP contribution >= 0.6 is 11.3 Å². The van der Waals surface area contributed by atoms with Gasteiger partial charge in [0.15, 0.2) is 0 Å². The van der Waals surface area contributed by atoms with E-state index in [0.717, 1.165) is 36.2 Å². The summed E-state index contributed by atoms with van der Waals surface area (Å²) < 4.78 is 0.